The van der Waals surface area contributed by atoms with Gasteiger partial charge in [-0.3, -0.25) is 4.79 Å². The highest BCUT2D eigenvalue weighted by Gasteiger charge is 2.30. The van der Waals surface area contributed by atoms with E-state index in [0.717, 1.165) is 11.1 Å². The Hall–Kier alpha value is -2.95. The summed E-state index contributed by atoms with van der Waals surface area (Å²) >= 11 is 0. The van der Waals surface area contributed by atoms with Crippen LogP contribution < -0.4 is 5.32 Å². The lowest BCUT2D eigenvalue weighted by atomic mass is 9.87. The molecular formula is C18H14FN3O. The van der Waals surface area contributed by atoms with Crippen LogP contribution in [0.4, 0.5) is 10.2 Å². The van der Waals surface area contributed by atoms with Crippen molar-refractivity contribution in [3.05, 3.63) is 77.7 Å². The zero-order chi connectivity index (χ0) is 15.8. The molecule has 1 atom stereocenters. The number of amides is 1. The molecule has 1 amide bonds. The number of anilines is 1. The largest absolute Gasteiger partial charge is 0.310 e. The molecule has 0 radical (unpaired) electrons. The molecule has 0 saturated heterocycles. The Labute approximate surface area is 132 Å². The fourth-order valence-corrected chi connectivity index (χ4v) is 2.98. The van der Waals surface area contributed by atoms with Crippen LogP contribution in [-0.2, 0) is 4.79 Å². The van der Waals surface area contributed by atoms with Crippen LogP contribution in [0.15, 0.2) is 60.8 Å². The first-order valence-corrected chi connectivity index (χ1v) is 7.41. The molecule has 0 spiro atoms. The second kappa shape index (κ2) is 5.35. The van der Waals surface area contributed by atoms with Crippen molar-refractivity contribution < 1.29 is 9.18 Å². The molecule has 2 heterocycles. The van der Waals surface area contributed by atoms with Gasteiger partial charge in [0.1, 0.15) is 11.6 Å². The van der Waals surface area contributed by atoms with E-state index in [1.807, 2.05) is 30.3 Å². The molecule has 1 aliphatic heterocycles. The van der Waals surface area contributed by atoms with Gasteiger partial charge >= 0.3 is 0 Å². The lowest BCUT2D eigenvalue weighted by Gasteiger charge is -2.23. The maximum absolute atomic E-state index is 13.1. The number of aromatic nitrogens is 2. The minimum atomic E-state index is -0.305. The number of carbonyl (C=O) groups excluding carboxylic acids is 1. The molecule has 3 aromatic rings. The molecule has 1 N–H and O–H groups in total. The molecule has 0 aliphatic carbocycles. The van der Waals surface area contributed by atoms with Crippen molar-refractivity contribution in [2.75, 3.05) is 5.32 Å². The first kappa shape index (κ1) is 13.7. The predicted molar refractivity (Wildman–Crippen MR) is 85.1 cm³/mol. The van der Waals surface area contributed by atoms with Gasteiger partial charge in [-0.25, -0.2) is 9.07 Å². The first-order valence-electron chi connectivity index (χ1n) is 7.41. The number of carbonyl (C=O) groups is 1. The summed E-state index contributed by atoms with van der Waals surface area (Å²) in [5, 5.41) is 7.28. The molecule has 4 rings (SSSR count). The van der Waals surface area contributed by atoms with E-state index >= 15 is 0 Å². The van der Waals surface area contributed by atoms with E-state index < -0.39 is 0 Å². The van der Waals surface area contributed by atoms with Gasteiger partial charge in [-0.15, -0.1) is 0 Å². The van der Waals surface area contributed by atoms with Crippen molar-refractivity contribution in [2.24, 2.45) is 0 Å². The monoisotopic (exact) mass is 307 g/mol. The van der Waals surface area contributed by atoms with E-state index in [-0.39, 0.29) is 17.6 Å². The zero-order valence-electron chi connectivity index (χ0n) is 12.2. The average molecular weight is 307 g/mol. The lowest BCUT2D eigenvalue weighted by molar-refractivity contribution is -0.116. The second-order valence-corrected chi connectivity index (χ2v) is 5.55. The Morgan fingerprint density at radius 2 is 1.83 bits per heavy atom. The number of hydrogen-bond donors (Lipinski definition) is 1. The number of nitrogens with zero attached hydrogens (tertiary/aromatic N) is 2. The third-order valence-electron chi connectivity index (χ3n) is 4.09. The van der Waals surface area contributed by atoms with Crippen molar-refractivity contribution in [3.63, 3.8) is 0 Å². The van der Waals surface area contributed by atoms with Crippen molar-refractivity contribution in [1.82, 2.24) is 9.78 Å². The highest BCUT2D eigenvalue weighted by atomic mass is 19.1. The van der Waals surface area contributed by atoms with E-state index in [4.69, 9.17) is 0 Å². The minimum absolute atomic E-state index is 0.0193. The van der Waals surface area contributed by atoms with Crippen LogP contribution in [0.1, 0.15) is 23.5 Å². The van der Waals surface area contributed by atoms with E-state index in [0.29, 0.717) is 17.9 Å². The standard InChI is InChI=1S/C18H14FN3O/c19-13-6-8-14(9-7-13)22-18-16(11-20-22)15(10-17(23)21-18)12-4-2-1-3-5-12/h1-9,11,15H,10H2,(H,21,23). The molecule has 4 nitrogen and oxygen atoms in total. The highest BCUT2D eigenvalue weighted by Crippen LogP contribution is 2.37. The summed E-state index contributed by atoms with van der Waals surface area (Å²) in [5.74, 6) is 0.284. The topological polar surface area (TPSA) is 46.9 Å². The molecule has 2 aromatic carbocycles. The molecule has 0 fully saturated rings. The number of halogens is 1. The molecule has 23 heavy (non-hydrogen) atoms. The summed E-state index contributed by atoms with van der Waals surface area (Å²) in [6.07, 6.45) is 2.17. The van der Waals surface area contributed by atoms with Gasteiger partial charge in [0.15, 0.2) is 0 Å². The normalized spacial score (nSPS) is 16.7. The second-order valence-electron chi connectivity index (χ2n) is 5.55. The fraction of sp³-hybridized carbons (Fsp3) is 0.111. The van der Waals surface area contributed by atoms with E-state index in [9.17, 15) is 9.18 Å². The smallest absolute Gasteiger partial charge is 0.226 e. The minimum Gasteiger partial charge on any atom is -0.310 e. The van der Waals surface area contributed by atoms with Gasteiger partial charge in [0.25, 0.3) is 0 Å². The first-order chi connectivity index (χ1) is 11.2. The van der Waals surface area contributed by atoms with Gasteiger partial charge in [0, 0.05) is 17.9 Å². The third kappa shape index (κ3) is 2.40. The van der Waals surface area contributed by atoms with Crippen molar-refractivity contribution >= 4 is 11.7 Å². The number of rotatable bonds is 2. The zero-order valence-corrected chi connectivity index (χ0v) is 12.2. The average Bonchev–Trinajstić information content (AvgIpc) is 2.99. The van der Waals surface area contributed by atoms with Crippen molar-refractivity contribution in [3.8, 4) is 5.69 Å². The molecule has 1 unspecified atom stereocenters. The molecule has 0 bridgehead atoms. The molecular weight excluding hydrogens is 293 g/mol. The van der Waals surface area contributed by atoms with Gasteiger partial charge < -0.3 is 5.32 Å². The quantitative estimate of drug-likeness (QED) is 0.788. The number of hydrogen-bond acceptors (Lipinski definition) is 2. The highest BCUT2D eigenvalue weighted by molar-refractivity contribution is 5.94. The maximum Gasteiger partial charge on any atom is 0.226 e. The Morgan fingerprint density at radius 1 is 1.09 bits per heavy atom. The summed E-state index contributed by atoms with van der Waals surface area (Å²) < 4.78 is 14.8. The Kier molecular flexibility index (Phi) is 3.19. The SMILES string of the molecule is O=C1CC(c2ccccc2)c2cnn(-c3ccc(F)cc3)c2N1. The van der Waals surface area contributed by atoms with Gasteiger partial charge in [-0.05, 0) is 29.8 Å². The van der Waals surface area contributed by atoms with E-state index in [1.165, 1.54) is 12.1 Å². The Bertz CT molecular complexity index is 856. The summed E-state index contributed by atoms with van der Waals surface area (Å²) in [6, 6.07) is 15.9. The van der Waals surface area contributed by atoms with Crippen LogP contribution in [0.3, 0.4) is 0 Å². The molecule has 0 saturated carbocycles. The predicted octanol–water partition coefficient (Wildman–Crippen LogP) is 3.49. The summed E-state index contributed by atoms with van der Waals surface area (Å²) in [5.41, 5.74) is 2.77. The maximum atomic E-state index is 13.1. The van der Waals surface area contributed by atoms with Crippen LogP contribution in [-0.4, -0.2) is 15.7 Å². The number of benzene rings is 2. The fourth-order valence-electron chi connectivity index (χ4n) is 2.98. The van der Waals surface area contributed by atoms with Crippen molar-refractivity contribution in [1.29, 1.82) is 0 Å². The van der Waals surface area contributed by atoms with Crippen LogP contribution in [0.5, 0.6) is 0 Å². The molecule has 5 heteroatoms. The summed E-state index contributed by atoms with van der Waals surface area (Å²) in [7, 11) is 0. The van der Waals surface area contributed by atoms with Crippen LogP contribution in [0.25, 0.3) is 5.69 Å². The summed E-state index contributed by atoms with van der Waals surface area (Å²) in [6.45, 7) is 0. The third-order valence-corrected chi connectivity index (χ3v) is 4.09. The lowest BCUT2D eigenvalue weighted by Crippen LogP contribution is -2.24. The molecule has 114 valence electrons. The Morgan fingerprint density at radius 3 is 2.57 bits per heavy atom. The number of fused-ring (bicyclic) bond motifs is 1. The van der Waals surface area contributed by atoms with Crippen LogP contribution in [0, 0.1) is 5.82 Å². The van der Waals surface area contributed by atoms with E-state index in [1.54, 1.807) is 23.0 Å². The van der Waals surface area contributed by atoms with Gasteiger partial charge in [-0.1, -0.05) is 30.3 Å². The molecule has 1 aromatic heterocycles. The number of nitrogens with one attached hydrogen (secondary N) is 1. The molecule has 1 aliphatic rings. The van der Waals surface area contributed by atoms with Gasteiger partial charge in [0.05, 0.1) is 11.9 Å². The van der Waals surface area contributed by atoms with E-state index in [2.05, 4.69) is 10.4 Å². The van der Waals surface area contributed by atoms with Crippen molar-refractivity contribution in [2.45, 2.75) is 12.3 Å². The Balaban J connectivity index is 1.81. The summed E-state index contributed by atoms with van der Waals surface area (Å²) in [4.78, 5) is 12.1. The van der Waals surface area contributed by atoms with Gasteiger partial charge in [-0.2, -0.15) is 5.10 Å². The van der Waals surface area contributed by atoms with Gasteiger partial charge in [0.2, 0.25) is 5.91 Å². The van der Waals surface area contributed by atoms with Crippen LogP contribution >= 0.6 is 0 Å². The van der Waals surface area contributed by atoms with Crippen LogP contribution in [0.2, 0.25) is 0 Å².